The Labute approximate surface area is 146 Å². The monoisotopic (exact) mass is 403 g/mol. The smallest absolute Gasteiger partial charge is 0.252 e. The number of hydrogen-bond acceptors (Lipinski definition) is 2. The Bertz CT molecular complexity index is 634. The third-order valence-electron chi connectivity index (χ3n) is 2.65. The molecule has 0 bridgehead atoms. The Kier molecular flexibility index (Phi) is 6.42. The van der Waals surface area contributed by atoms with Crippen LogP contribution >= 0.6 is 50.9 Å². The summed E-state index contributed by atoms with van der Waals surface area (Å²) in [5.74, 6) is 0.603. The Morgan fingerprint density at radius 2 is 1.86 bits per heavy atom. The minimum absolute atomic E-state index is 0.187. The molecule has 0 atom stereocenters. The first-order valence-corrected chi connectivity index (χ1v) is 8.71. The van der Waals surface area contributed by atoms with Crippen LogP contribution in [0.4, 0.5) is 0 Å². The number of rotatable bonds is 5. The molecule has 0 fully saturated rings. The second-order valence-electron chi connectivity index (χ2n) is 4.18. The Hall–Kier alpha value is -0.680. The van der Waals surface area contributed by atoms with E-state index >= 15 is 0 Å². The van der Waals surface area contributed by atoms with Gasteiger partial charge in [0.15, 0.2) is 0 Å². The summed E-state index contributed by atoms with van der Waals surface area (Å²) in [5.41, 5.74) is 0.440. The zero-order valence-electron chi connectivity index (χ0n) is 10.9. The number of benzene rings is 2. The molecule has 2 aromatic carbocycles. The molecule has 0 radical (unpaired) electrons. The van der Waals surface area contributed by atoms with Crippen LogP contribution < -0.4 is 5.32 Å². The second kappa shape index (κ2) is 8.08. The largest absolute Gasteiger partial charge is 0.351 e. The van der Waals surface area contributed by atoms with Gasteiger partial charge in [-0.05, 0) is 42.5 Å². The van der Waals surface area contributed by atoms with E-state index in [0.717, 1.165) is 15.1 Å². The number of nitrogens with one attached hydrogen (secondary N) is 1. The van der Waals surface area contributed by atoms with Crippen LogP contribution in [0.3, 0.4) is 0 Å². The molecular weight excluding hydrogens is 393 g/mol. The van der Waals surface area contributed by atoms with Gasteiger partial charge >= 0.3 is 0 Å². The van der Waals surface area contributed by atoms with Crippen molar-refractivity contribution in [1.29, 1.82) is 0 Å². The maximum Gasteiger partial charge on any atom is 0.252 e. The average molecular weight is 405 g/mol. The summed E-state index contributed by atoms with van der Waals surface area (Å²) in [6.45, 7) is 0.568. The molecule has 1 N–H and O–H groups in total. The molecule has 110 valence electrons. The van der Waals surface area contributed by atoms with Gasteiger partial charge in [-0.25, -0.2) is 0 Å². The summed E-state index contributed by atoms with van der Waals surface area (Å²) >= 11 is 16.9. The zero-order chi connectivity index (χ0) is 15.2. The van der Waals surface area contributed by atoms with E-state index in [1.54, 1.807) is 30.0 Å². The highest BCUT2D eigenvalue weighted by Crippen LogP contribution is 2.22. The lowest BCUT2D eigenvalue weighted by atomic mass is 10.2. The summed E-state index contributed by atoms with van der Waals surface area (Å²) in [4.78, 5) is 13.1. The second-order valence-corrected chi connectivity index (χ2v) is 7.11. The number of hydrogen-bond donors (Lipinski definition) is 1. The molecule has 0 spiro atoms. The molecule has 2 rings (SSSR count). The fourth-order valence-corrected chi connectivity index (χ4v) is 3.16. The summed E-state index contributed by atoms with van der Waals surface area (Å²) in [6, 6.07) is 12.9. The zero-order valence-corrected chi connectivity index (χ0v) is 14.8. The van der Waals surface area contributed by atoms with E-state index in [2.05, 4.69) is 21.2 Å². The van der Waals surface area contributed by atoms with Gasteiger partial charge in [0.2, 0.25) is 0 Å². The molecule has 0 aromatic heterocycles. The first kappa shape index (κ1) is 16.7. The molecule has 21 heavy (non-hydrogen) atoms. The van der Waals surface area contributed by atoms with Crippen LogP contribution in [-0.2, 0) is 0 Å². The van der Waals surface area contributed by atoms with Gasteiger partial charge in [-0.3, -0.25) is 4.79 Å². The molecule has 0 aliphatic rings. The normalized spacial score (nSPS) is 10.4. The van der Waals surface area contributed by atoms with E-state index in [4.69, 9.17) is 23.2 Å². The van der Waals surface area contributed by atoms with Crippen LogP contribution in [-0.4, -0.2) is 18.2 Å². The van der Waals surface area contributed by atoms with Gasteiger partial charge in [0, 0.05) is 26.7 Å². The molecule has 6 heteroatoms. The minimum Gasteiger partial charge on any atom is -0.351 e. The van der Waals surface area contributed by atoms with Gasteiger partial charge in [0.05, 0.1) is 10.6 Å². The molecule has 2 nitrogen and oxygen atoms in total. The lowest BCUT2D eigenvalue weighted by Crippen LogP contribution is -2.25. The van der Waals surface area contributed by atoms with Crippen molar-refractivity contribution in [2.75, 3.05) is 12.3 Å². The molecular formula is C15H12BrCl2NOS. The molecule has 2 aromatic rings. The van der Waals surface area contributed by atoms with E-state index in [1.165, 1.54) is 0 Å². The van der Waals surface area contributed by atoms with Gasteiger partial charge in [-0.1, -0.05) is 39.1 Å². The van der Waals surface area contributed by atoms with Crippen LogP contribution in [0.5, 0.6) is 0 Å². The van der Waals surface area contributed by atoms with Crippen LogP contribution in [0.25, 0.3) is 0 Å². The first-order valence-electron chi connectivity index (χ1n) is 6.18. The van der Waals surface area contributed by atoms with Crippen molar-refractivity contribution in [3.05, 3.63) is 62.5 Å². The van der Waals surface area contributed by atoms with Gasteiger partial charge in [0.25, 0.3) is 5.91 Å². The van der Waals surface area contributed by atoms with Crippen LogP contribution in [0, 0.1) is 0 Å². The first-order chi connectivity index (χ1) is 10.1. The fraction of sp³-hybridized carbons (Fsp3) is 0.133. The summed E-state index contributed by atoms with van der Waals surface area (Å²) in [6.07, 6.45) is 0. The van der Waals surface area contributed by atoms with Gasteiger partial charge in [-0.2, -0.15) is 0 Å². The van der Waals surface area contributed by atoms with Gasteiger partial charge in [0.1, 0.15) is 0 Å². The molecule has 0 aliphatic carbocycles. The summed E-state index contributed by atoms with van der Waals surface area (Å²) in [5, 5.41) is 3.72. The topological polar surface area (TPSA) is 29.1 Å². The number of thioether (sulfide) groups is 1. The number of carbonyl (C=O) groups is 1. The van der Waals surface area contributed by atoms with E-state index < -0.39 is 0 Å². The van der Waals surface area contributed by atoms with E-state index in [1.807, 2.05) is 24.3 Å². The van der Waals surface area contributed by atoms with E-state index in [0.29, 0.717) is 22.2 Å². The highest BCUT2D eigenvalue weighted by molar-refractivity contribution is 9.10. The van der Waals surface area contributed by atoms with Crippen LogP contribution in [0.1, 0.15) is 10.4 Å². The third-order valence-corrected chi connectivity index (χ3v) is 4.74. The predicted molar refractivity (Wildman–Crippen MR) is 93.7 cm³/mol. The predicted octanol–water partition coefficient (Wildman–Crippen LogP) is 5.28. The summed E-state index contributed by atoms with van der Waals surface area (Å²) < 4.78 is 1.05. The average Bonchev–Trinajstić information content (AvgIpc) is 2.45. The fourth-order valence-electron chi connectivity index (χ4n) is 1.63. The van der Waals surface area contributed by atoms with Crippen molar-refractivity contribution in [2.45, 2.75) is 4.90 Å². The lowest BCUT2D eigenvalue weighted by Gasteiger charge is -2.07. The third kappa shape index (κ3) is 5.22. The Morgan fingerprint density at radius 3 is 2.52 bits per heavy atom. The van der Waals surface area contributed by atoms with E-state index in [9.17, 15) is 4.79 Å². The van der Waals surface area contributed by atoms with Crippen LogP contribution in [0.2, 0.25) is 10.0 Å². The van der Waals surface area contributed by atoms with Gasteiger partial charge < -0.3 is 5.32 Å². The molecule has 0 saturated carbocycles. The maximum absolute atomic E-state index is 12.0. The van der Waals surface area contributed by atoms with Crippen molar-refractivity contribution in [3.8, 4) is 0 Å². The molecule has 0 heterocycles. The maximum atomic E-state index is 12.0. The highest BCUT2D eigenvalue weighted by atomic mass is 79.9. The van der Waals surface area contributed by atoms with Crippen molar-refractivity contribution in [2.24, 2.45) is 0 Å². The number of carbonyl (C=O) groups excluding carboxylic acids is 1. The molecule has 0 aliphatic heterocycles. The SMILES string of the molecule is O=C(NCCSc1ccc(Br)cc1)c1ccc(Cl)cc1Cl. The number of halogens is 3. The van der Waals surface area contributed by atoms with Crippen LogP contribution in [0.15, 0.2) is 51.8 Å². The summed E-state index contributed by atoms with van der Waals surface area (Å²) in [7, 11) is 0. The molecule has 1 amide bonds. The van der Waals surface area contributed by atoms with Crippen molar-refractivity contribution in [3.63, 3.8) is 0 Å². The molecule has 0 saturated heterocycles. The van der Waals surface area contributed by atoms with Crippen molar-refractivity contribution < 1.29 is 4.79 Å². The van der Waals surface area contributed by atoms with E-state index in [-0.39, 0.29) is 5.91 Å². The lowest BCUT2D eigenvalue weighted by molar-refractivity contribution is 0.0956. The van der Waals surface area contributed by atoms with Crippen molar-refractivity contribution >= 4 is 56.8 Å². The van der Waals surface area contributed by atoms with Gasteiger partial charge in [-0.15, -0.1) is 11.8 Å². The number of amides is 1. The Balaban J connectivity index is 1.80. The highest BCUT2D eigenvalue weighted by Gasteiger charge is 2.09. The minimum atomic E-state index is -0.187. The molecule has 0 unspecified atom stereocenters. The van der Waals surface area contributed by atoms with Crippen molar-refractivity contribution in [1.82, 2.24) is 5.32 Å². The standard InChI is InChI=1S/C15H12BrCl2NOS/c16-10-1-4-12(5-2-10)21-8-7-19-15(20)13-6-3-11(17)9-14(13)18/h1-6,9H,7-8H2,(H,19,20). The Morgan fingerprint density at radius 1 is 1.14 bits per heavy atom. The quantitative estimate of drug-likeness (QED) is 0.542.